The van der Waals surface area contributed by atoms with E-state index in [9.17, 15) is 13.6 Å². The molecule has 0 aliphatic rings. The number of hydrogen-bond acceptors (Lipinski definition) is 3. The normalized spacial score (nSPS) is 11.3. The van der Waals surface area contributed by atoms with Gasteiger partial charge in [-0.15, -0.1) is 0 Å². The molecule has 9 heteroatoms. The second-order valence-electron chi connectivity index (χ2n) is 6.24. The molecule has 162 valence electrons. The number of alkyl halides is 2. The number of carbonyl (C=O) groups is 1. The first kappa shape index (κ1) is 23.4. The average molecular weight is 439 g/mol. The number of guanidine groups is 1. The van der Waals surface area contributed by atoms with Gasteiger partial charge in [0, 0.05) is 35.8 Å². The first-order chi connectivity index (χ1) is 14.4. The zero-order valence-electron chi connectivity index (χ0n) is 16.8. The smallest absolute Gasteiger partial charge is 0.387 e. The van der Waals surface area contributed by atoms with Crippen LogP contribution in [0.1, 0.15) is 35.3 Å². The molecule has 0 aliphatic heterocycles. The summed E-state index contributed by atoms with van der Waals surface area (Å²) in [5, 5.41) is 9.35. The fourth-order valence-corrected chi connectivity index (χ4v) is 2.81. The summed E-state index contributed by atoms with van der Waals surface area (Å²) in [5.41, 5.74) is 1.99. The Balaban J connectivity index is 2.05. The highest BCUT2D eigenvalue weighted by Crippen LogP contribution is 2.24. The SMILES string of the molecule is CCNC(=O)c1ccc(CN=C(NCC)NCc2cc(Cl)ccc2OC(F)F)cc1. The molecule has 0 atom stereocenters. The van der Waals surface area contributed by atoms with Crippen LogP contribution in [-0.2, 0) is 13.1 Å². The van der Waals surface area contributed by atoms with Gasteiger partial charge in [-0.05, 0) is 49.7 Å². The van der Waals surface area contributed by atoms with Crippen molar-refractivity contribution < 1.29 is 18.3 Å². The number of hydrogen-bond donors (Lipinski definition) is 3. The number of nitrogens with one attached hydrogen (secondary N) is 3. The lowest BCUT2D eigenvalue weighted by Gasteiger charge is -2.15. The van der Waals surface area contributed by atoms with Crippen LogP contribution in [0.4, 0.5) is 8.78 Å². The van der Waals surface area contributed by atoms with E-state index in [-0.39, 0.29) is 18.2 Å². The summed E-state index contributed by atoms with van der Waals surface area (Å²) in [4.78, 5) is 16.3. The number of aliphatic imine (C=N–C) groups is 1. The van der Waals surface area contributed by atoms with Crippen LogP contribution in [0, 0.1) is 0 Å². The van der Waals surface area contributed by atoms with E-state index in [0.29, 0.717) is 41.7 Å². The van der Waals surface area contributed by atoms with Gasteiger partial charge in [0.05, 0.1) is 6.54 Å². The highest BCUT2D eigenvalue weighted by molar-refractivity contribution is 6.30. The molecule has 0 radical (unpaired) electrons. The molecule has 0 bridgehead atoms. The molecule has 2 rings (SSSR count). The van der Waals surface area contributed by atoms with Gasteiger partial charge in [-0.2, -0.15) is 8.78 Å². The largest absolute Gasteiger partial charge is 0.434 e. The van der Waals surface area contributed by atoms with Crippen molar-refractivity contribution >= 4 is 23.5 Å². The summed E-state index contributed by atoms with van der Waals surface area (Å²) in [5.74, 6) is 0.442. The number of amides is 1. The van der Waals surface area contributed by atoms with E-state index < -0.39 is 6.61 Å². The van der Waals surface area contributed by atoms with E-state index in [1.54, 1.807) is 18.2 Å². The minimum atomic E-state index is -2.92. The Kier molecular flexibility index (Phi) is 9.34. The molecule has 0 heterocycles. The van der Waals surface area contributed by atoms with E-state index in [1.807, 2.05) is 26.0 Å². The van der Waals surface area contributed by atoms with E-state index in [0.717, 1.165) is 5.56 Å². The van der Waals surface area contributed by atoms with Crippen molar-refractivity contribution in [1.29, 1.82) is 0 Å². The quantitative estimate of drug-likeness (QED) is 0.409. The van der Waals surface area contributed by atoms with Crippen LogP contribution in [-0.4, -0.2) is 31.6 Å². The predicted octanol–water partition coefficient (Wildman–Crippen LogP) is 3.95. The molecule has 6 nitrogen and oxygen atoms in total. The zero-order chi connectivity index (χ0) is 21.9. The highest BCUT2D eigenvalue weighted by atomic mass is 35.5. The number of rotatable bonds is 9. The number of carbonyl (C=O) groups excluding carboxylic acids is 1. The Hall–Kier alpha value is -2.87. The maximum Gasteiger partial charge on any atom is 0.387 e. The maximum absolute atomic E-state index is 12.6. The lowest BCUT2D eigenvalue weighted by molar-refractivity contribution is -0.0504. The highest BCUT2D eigenvalue weighted by Gasteiger charge is 2.11. The molecule has 0 unspecified atom stereocenters. The van der Waals surface area contributed by atoms with Crippen LogP contribution >= 0.6 is 11.6 Å². The molecule has 30 heavy (non-hydrogen) atoms. The second-order valence-corrected chi connectivity index (χ2v) is 6.67. The molecule has 2 aromatic carbocycles. The van der Waals surface area contributed by atoms with Gasteiger partial charge in [-0.25, -0.2) is 4.99 Å². The molecule has 2 aromatic rings. The zero-order valence-corrected chi connectivity index (χ0v) is 17.6. The third-order valence-electron chi connectivity index (χ3n) is 4.00. The Morgan fingerprint density at radius 3 is 2.40 bits per heavy atom. The fraction of sp³-hybridized carbons (Fsp3) is 0.333. The number of halogens is 3. The van der Waals surface area contributed by atoms with Crippen molar-refractivity contribution in [2.45, 2.75) is 33.5 Å². The van der Waals surface area contributed by atoms with Crippen molar-refractivity contribution in [1.82, 2.24) is 16.0 Å². The first-order valence-electron chi connectivity index (χ1n) is 9.55. The fourth-order valence-electron chi connectivity index (χ4n) is 2.61. The van der Waals surface area contributed by atoms with Crippen molar-refractivity contribution in [2.75, 3.05) is 13.1 Å². The molecular formula is C21H25ClF2N4O2. The van der Waals surface area contributed by atoms with Gasteiger partial charge < -0.3 is 20.7 Å². The van der Waals surface area contributed by atoms with Gasteiger partial charge in [0.25, 0.3) is 5.91 Å². The minimum Gasteiger partial charge on any atom is -0.434 e. The predicted molar refractivity (Wildman–Crippen MR) is 114 cm³/mol. The van der Waals surface area contributed by atoms with Crippen molar-refractivity contribution in [2.24, 2.45) is 4.99 Å². The van der Waals surface area contributed by atoms with Crippen LogP contribution in [0.5, 0.6) is 5.75 Å². The van der Waals surface area contributed by atoms with Gasteiger partial charge in [0.2, 0.25) is 0 Å². The monoisotopic (exact) mass is 438 g/mol. The van der Waals surface area contributed by atoms with Crippen LogP contribution in [0.3, 0.4) is 0 Å². The van der Waals surface area contributed by atoms with E-state index >= 15 is 0 Å². The number of ether oxygens (including phenoxy) is 1. The number of nitrogens with zero attached hydrogens (tertiary/aromatic N) is 1. The minimum absolute atomic E-state index is 0.0543. The van der Waals surface area contributed by atoms with Crippen LogP contribution in [0.15, 0.2) is 47.5 Å². The van der Waals surface area contributed by atoms with E-state index in [2.05, 4.69) is 25.7 Å². The van der Waals surface area contributed by atoms with Crippen LogP contribution < -0.4 is 20.7 Å². The summed E-state index contributed by atoms with van der Waals surface area (Å²) >= 11 is 5.98. The molecule has 1 amide bonds. The summed E-state index contributed by atoms with van der Waals surface area (Å²) in [6.45, 7) is 2.63. The Labute approximate surface area is 179 Å². The Bertz CT molecular complexity index is 861. The molecule has 0 aromatic heterocycles. The number of benzene rings is 2. The van der Waals surface area contributed by atoms with Crippen LogP contribution in [0.2, 0.25) is 5.02 Å². The van der Waals surface area contributed by atoms with E-state index in [1.165, 1.54) is 12.1 Å². The Morgan fingerprint density at radius 2 is 1.77 bits per heavy atom. The second kappa shape index (κ2) is 12.0. The lowest BCUT2D eigenvalue weighted by atomic mass is 10.1. The Morgan fingerprint density at radius 1 is 1.07 bits per heavy atom. The van der Waals surface area contributed by atoms with Crippen molar-refractivity contribution in [3.8, 4) is 5.75 Å². The molecule has 0 saturated carbocycles. The summed E-state index contributed by atoms with van der Waals surface area (Å²) in [6.07, 6.45) is 0. The molecular weight excluding hydrogens is 414 g/mol. The maximum atomic E-state index is 12.6. The molecule has 0 aliphatic carbocycles. The first-order valence-corrected chi connectivity index (χ1v) is 9.93. The lowest BCUT2D eigenvalue weighted by Crippen LogP contribution is -2.36. The summed E-state index contributed by atoms with van der Waals surface area (Å²) < 4.78 is 29.8. The topological polar surface area (TPSA) is 74.8 Å². The standard InChI is InChI=1S/C21H25ClF2N4O2/c1-3-25-19(29)15-7-5-14(6-8-15)12-27-21(26-4-2)28-13-16-11-17(22)9-10-18(16)30-20(23)24/h5-11,20H,3-4,12-13H2,1-2H3,(H,25,29)(H2,26,27,28). The van der Waals surface area contributed by atoms with Crippen LogP contribution in [0.25, 0.3) is 0 Å². The molecule has 0 spiro atoms. The average Bonchev–Trinajstić information content (AvgIpc) is 2.72. The van der Waals surface area contributed by atoms with Crippen molar-refractivity contribution in [3.05, 3.63) is 64.2 Å². The van der Waals surface area contributed by atoms with Gasteiger partial charge in [0.1, 0.15) is 5.75 Å². The summed E-state index contributed by atoms with van der Waals surface area (Å²) in [7, 11) is 0. The molecule has 0 fully saturated rings. The summed E-state index contributed by atoms with van der Waals surface area (Å²) in [6, 6.07) is 11.6. The molecule has 0 saturated heterocycles. The van der Waals surface area contributed by atoms with Gasteiger partial charge in [-0.3, -0.25) is 4.79 Å². The van der Waals surface area contributed by atoms with E-state index in [4.69, 9.17) is 11.6 Å². The molecule has 3 N–H and O–H groups in total. The van der Waals surface area contributed by atoms with Gasteiger partial charge in [-0.1, -0.05) is 23.7 Å². The van der Waals surface area contributed by atoms with Crippen molar-refractivity contribution in [3.63, 3.8) is 0 Å². The third-order valence-corrected chi connectivity index (χ3v) is 4.24. The third kappa shape index (κ3) is 7.51. The van der Waals surface area contributed by atoms with Gasteiger partial charge >= 0.3 is 6.61 Å². The van der Waals surface area contributed by atoms with Gasteiger partial charge in [0.15, 0.2) is 5.96 Å².